The van der Waals surface area contributed by atoms with E-state index in [1.165, 1.54) is 0 Å². The van der Waals surface area contributed by atoms with Gasteiger partial charge >= 0.3 is 0 Å². The lowest BCUT2D eigenvalue weighted by molar-refractivity contribution is 0.175. The molecule has 1 aromatic carbocycles. The minimum atomic E-state index is 0.276. The molecule has 0 aliphatic carbocycles. The van der Waals surface area contributed by atoms with Crippen LogP contribution in [0.25, 0.3) is 11.0 Å². The van der Waals surface area contributed by atoms with Gasteiger partial charge in [0.25, 0.3) is 0 Å². The number of aromatic nitrogens is 2. The average Bonchev–Trinajstić information content (AvgIpc) is 3.04. The number of nitrogens with one attached hydrogen (secondary N) is 1. The van der Waals surface area contributed by atoms with Crippen LogP contribution in [0.4, 0.5) is 0 Å². The first-order valence-corrected chi connectivity index (χ1v) is 6.84. The zero-order valence-corrected chi connectivity index (χ0v) is 11.5. The summed E-state index contributed by atoms with van der Waals surface area (Å²) >= 11 is 5.43. The van der Waals surface area contributed by atoms with Gasteiger partial charge in [-0.1, -0.05) is 6.07 Å². The Bertz CT molecular complexity index is 704. The fourth-order valence-corrected chi connectivity index (χ4v) is 3.16. The van der Waals surface area contributed by atoms with Gasteiger partial charge in [-0.25, -0.2) is 0 Å². The highest BCUT2D eigenvalue weighted by Gasteiger charge is 2.25. The third-order valence-corrected chi connectivity index (χ3v) is 4.23. The highest BCUT2D eigenvalue weighted by molar-refractivity contribution is 7.71. The molecule has 0 bridgehead atoms. The molecule has 0 amide bonds. The van der Waals surface area contributed by atoms with Gasteiger partial charge in [0.15, 0.2) is 4.77 Å². The van der Waals surface area contributed by atoms with Gasteiger partial charge < -0.3 is 14.3 Å². The van der Waals surface area contributed by atoms with Gasteiger partial charge in [-0.2, -0.15) is 5.26 Å². The van der Waals surface area contributed by atoms with E-state index < -0.39 is 0 Å². The summed E-state index contributed by atoms with van der Waals surface area (Å²) in [6.45, 7) is 3.78. The predicted octanol–water partition coefficient (Wildman–Crippen LogP) is 3.17. The maximum absolute atomic E-state index is 9.15. The second-order valence-corrected chi connectivity index (χ2v) is 5.36. The Morgan fingerprint density at radius 1 is 1.58 bits per heavy atom. The van der Waals surface area contributed by atoms with Crippen LogP contribution >= 0.6 is 12.2 Å². The molecule has 5 heteroatoms. The molecule has 0 spiro atoms. The summed E-state index contributed by atoms with van der Waals surface area (Å²) in [5.41, 5.74) is 2.47. The molecule has 2 heterocycles. The molecular weight excluding hydrogens is 258 g/mol. The van der Waals surface area contributed by atoms with E-state index in [9.17, 15) is 0 Å². The number of para-hydroxylation sites is 1. The summed E-state index contributed by atoms with van der Waals surface area (Å²) in [5, 5.41) is 9.15. The van der Waals surface area contributed by atoms with E-state index in [1.54, 1.807) is 6.07 Å². The SMILES string of the molecule is CC(C1CCOC1)n1c(=S)[nH]c2c(C#N)cccc21. The Morgan fingerprint density at radius 3 is 3.11 bits per heavy atom. The van der Waals surface area contributed by atoms with Crippen LogP contribution < -0.4 is 0 Å². The molecule has 1 fully saturated rings. The van der Waals surface area contributed by atoms with Crippen LogP contribution in [0, 0.1) is 22.0 Å². The first-order chi connectivity index (χ1) is 9.22. The molecule has 1 aliphatic rings. The molecule has 1 aliphatic heterocycles. The van der Waals surface area contributed by atoms with Crippen molar-refractivity contribution in [2.24, 2.45) is 5.92 Å². The predicted molar refractivity (Wildman–Crippen MR) is 75.5 cm³/mol. The third-order valence-electron chi connectivity index (χ3n) is 3.93. The molecule has 2 atom stereocenters. The number of nitrogens with zero attached hydrogens (tertiary/aromatic N) is 2. The monoisotopic (exact) mass is 273 g/mol. The highest BCUT2D eigenvalue weighted by atomic mass is 32.1. The van der Waals surface area contributed by atoms with E-state index >= 15 is 0 Å². The number of hydrogen-bond donors (Lipinski definition) is 1. The molecule has 98 valence electrons. The lowest BCUT2D eigenvalue weighted by Crippen LogP contribution is -2.16. The maximum atomic E-state index is 9.15. The van der Waals surface area contributed by atoms with Crippen molar-refractivity contribution in [2.45, 2.75) is 19.4 Å². The summed E-state index contributed by atoms with van der Waals surface area (Å²) in [7, 11) is 0. The summed E-state index contributed by atoms with van der Waals surface area (Å²) in [5.74, 6) is 0.483. The lowest BCUT2D eigenvalue weighted by atomic mass is 10.0. The number of fused-ring (bicyclic) bond motifs is 1. The fraction of sp³-hybridized carbons (Fsp3) is 0.429. The van der Waals surface area contributed by atoms with E-state index in [4.69, 9.17) is 22.2 Å². The normalized spacial score (nSPS) is 20.5. The maximum Gasteiger partial charge on any atom is 0.178 e. The van der Waals surface area contributed by atoms with Gasteiger partial charge in [-0.3, -0.25) is 0 Å². The molecule has 19 heavy (non-hydrogen) atoms. The van der Waals surface area contributed by atoms with Gasteiger partial charge in [-0.05, 0) is 37.7 Å². The summed E-state index contributed by atoms with van der Waals surface area (Å²) in [6.07, 6.45) is 1.06. The highest BCUT2D eigenvalue weighted by Crippen LogP contribution is 2.30. The van der Waals surface area contributed by atoms with Crippen molar-refractivity contribution < 1.29 is 4.74 Å². The standard InChI is InChI=1S/C14H15N3OS/c1-9(11-5-6-18-8-11)17-12-4-2-3-10(7-15)13(12)16-14(17)19/h2-4,9,11H,5-6,8H2,1H3,(H,16,19). The molecule has 1 N–H and O–H groups in total. The molecular formula is C14H15N3OS. The van der Waals surface area contributed by atoms with Crippen LogP contribution in [0.3, 0.4) is 0 Å². The number of benzene rings is 1. The Hall–Kier alpha value is -1.64. The minimum Gasteiger partial charge on any atom is -0.381 e. The van der Waals surface area contributed by atoms with Crippen molar-refractivity contribution in [1.29, 1.82) is 5.26 Å². The molecule has 1 saturated heterocycles. The molecule has 0 saturated carbocycles. The summed E-state index contributed by atoms with van der Waals surface area (Å²) in [4.78, 5) is 3.17. The largest absolute Gasteiger partial charge is 0.381 e. The first-order valence-electron chi connectivity index (χ1n) is 6.43. The second kappa shape index (κ2) is 4.80. The van der Waals surface area contributed by atoms with Gasteiger partial charge in [-0.15, -0.1) is 0 Å². The Balaban J connectivity index is 2.16. The van der Waals surface area contributed by atoms with Crippen molar-refractivity contribution >= 4 is 23.3 Å². The summed E-state index contributed by atoms with van der Waals surface area (Å²) in [6, 6.07) is 8.20. The van der Waals surface area contributed by atoms with Gasteiger partial charge in [0, 0.05) is 18.6 Å². The van der Waals surface area contributed by atoms with Crippen molar-refractivity contribution in [2.75, 3.05) is 13.2 Å². The smallest absolute Gasteiger partial charge is 0.178 e. The number of aromatic amines is 1. The second-order valence-electron chi connectivity index (χ2n) is 4.98. The van der Waals surface area contributed by atoms with Crippen LogP contribution in [-0.2, 0) is 4.74 Å². The van der Waals surface area contributed by atoms with Crippen molar-refractivity contribution in [3.05, 3.63) is 28.5 Å². The molecule has 0 radical (unpaired) electrons. The van der Waals surface area contributed by atoms with E-state index in [1.807, 2.05) is 12.1 Å². The fourth-order valence-electron chi connectivity index (χ4n) is 2.79. The minimum absolute atomic E-state index is 0.276. The topological polar surface area (TPSA) is 53.7 Å². The van der Waals surface area contributed by atoms with Gasteiger partial charge in [0.1, 0.15) is 6.07 Å². The number of nitriles is 1. The van der Waals surface area contributed by atoms with Crippen molar-refractivity contribution in [1.82, 2.24) is 9.55 Å². The van der Waals surface area contributed by atoms with E-state index in [2.05, 4.69) is 22.5 Å². The van der Waals surface area contributed by atoms with Gasteiger partial charge in [0.2, 0.25) is 0 Å². The molecule has 3 rings (SSSR count). The molecule has 2 unspecified atom stereocenters. The lowest BCUT2D eigenvalue weighted by Gasteiger charge is -2.20. The quantitative estimate of drug-likeness (QED) is 0.855. The van der Waals surface area contributed by atoms with Crippen LogP contribution in [0.2, 0.25) is 0 Å². The molecule has 4 nitrogen and oxygen atoms in total. The first kappa shape index (κ1) is 12.4. The molecule has 1 aromatic heterocycles. The Kier molecular flexibility index (Phi) is 3.13. The van der Waals surface area contributed by atoms with Crippen LogP contribution in [0.1, 0.15) is 24.9 Å². The third kappa shape index (κ3) is 1.97. The Morgan fingerprint density at radius 2 is 2.42 bits per heavy atom. The number of imidazole rings is 1. The van der Waals surface area contributed by atoms with E-state index in [0.717, 1.165) is 30.7 Å². The summed E-state index contributed by atoms with van der Waals surface area (Å²) < 4.78 is 8.26. The zero-order chi connectivity index (χ0) is 13.4. The van der Waals surface area contributed by atoms with Crippen LogP contribution in [0.5, 0.6) is 0 Å². The van der Waals surface area contributed by atoms with E-state index in [0.29, 0.717) is 16.3 Å². The van der Waals surface area contributed by atoms with Crippen LogP contribution in [0.15, 0.2) is 18.2 Å². The number of hydrogen-bond acceptors (Lipinski definition) is 3. The number of rotatable bonds is 2. The number of ether oxygens (including phenoxy) is 1. The van der Waals surface area contributed by atoms with Gasteiger partial charge in [0.05, 0.1) is 23.2 Å². The van der Waals surface area contributed by atoms with Crippen LogP contribution in [-0.4, -0.2) is 22.8 Å². The Labute approximate surface area is 116 Å². The van der Waals surface area contributed by atoms with Crippen molar-refractivity contribution in [3.63, 3.8) is 0 Å². The molecule has 2 aromatic rings. The average molecular weight is 273 g/mol. The number of H-pyrrole nitrogens is 1. The zero-order valence-electron chi connectivity index (χ0n) is 10.7. The van der Waals surface area contributed by atoms with Crippen molar-refractivity contribution in [3.8, 4) is 6.07 Å². The van der Waals surface area contributed by atoms with E-state index in [-0.39, 0.29) is 6.04 Å².